The van der Waals surface area contributed by atoms with Crippen LogP contribution in [0.2, 0.25) is 0 Å². The molecule has 1 aliphatic rings. The molecule has 0 radical (unpaired) electrons. The molecule has 1 rings (SSSR count). The maximum atomic E-state index is 13.8. The topological polar surface area (TPSA) is 0 Å². The van der Waals surface area contributed by atoms with Crippen LogP contribution in [-0.2, 0) is 0 Å². The van der Waals surface area contributed by atoms with E-state index in [4.69, 9.17) is 0 Å². The van der Waals surface area contributed by atoms with E-state index in [9.17, 15) is 13.2 Å². The highest BCUT2D eigenvalue weighted by atomic mass is 19.2. The van der Waals surface area contributed by atoms with Gasteiger partial charge in [-0.2, -0.15) is 0 Å². The summed E-state index contributed by atoms with van der Waals surface area (Å²) in [4.78, 5) is 0. The van der Waals surface area contributed by atoms with Gasteiger partial charge in [-0.25, -0.2) is 13.2 Å². The molecule has 0 N–H and O–H groups in total. The van der Waals surface area contributed by atoms with Crippen LogP contribution in [0.5, 0.6) is 0 Å². The van der Waals surface area contributed by atoms with E-state index in [1.165, 1.54) is 19.3 Å². The molecule has 1 saturated carbocycles. The van der Waals surface area contributed by atoms with Gasteiger partial charge in [0.05, 0.1) is 0 Å². The maximum absolute atomic E-state index is 13.8. The van der Waals surface area contributed by atoms with Crippen LogP contribution in [0, 0.1) is 23.7 Å². The average molecular weight is 320 g/mol. The van der Waals surface area contributed by atoms with Crippen LogP contribution < -0.4 is 0 Å². The minimum absolute atomic E-state index is 0.0554. The minimum atomic E-state index is -1.94. The first-order chi connectivity index (χ1) is 10.4. The molecule has 0 amide bonds. The molecule has 6 unspecified atom stereocenters. The fraction of sp³-hybridized carbons (Fsp3) is 1.00. The SMILES string of the molecule is CCC(F)C(F)C(F)CCC1CCC(CC(C)C)C(CC)C1. The lowest BCUT2D eigenvalue weighted by atomic mass is 9.69. The van der Waals surface area contributed by atoms with Crippen LogP contribution in [0.25, 0.3) is 0 Å². The van der Waals surface area contributed by atoms with Gasteiger partial charge in [0, 0.05) is 0 Å². The van der Waals surface area contributed by atoms with E-state index in [1.54, 1.807) is 6.92 Å². The summed E-state index contributed by atoms with van der Waals surface area (Å²) < 4.78 is 40.6. The second-order valence-corrected chi connectivity index (χ2v) is 7.70. The van der Waals surface area contributed by atoms with E-state index >= 15 is 0 Å². The van der Waals surface area contributed by atoms with Gasteiger partial charge in [0.1, 0.15) is 12.3 Å². The van der Waals surface area contributed by atoms with Gasteiger partial charge in [-0.05, 0) is 62.2 Å². The van der Waals surface area contributed by atoms with Gasteiger partial charge in [-0.1, -0.05) is 40.5 Å². The Hall–Kier alpha value is -0.210. The molecule has 22 heavy (non-hydrogen) atoms. The van der Waals surface area contributed by atoms with Crippen molar-refractivity contribution in [2.24, 2.45) is 23.7 Å². The van der Waals surface area contributed by atoms with Crippen LogP contribution in [0.1, 0.15) is 79.1 Å². The van der Waals surface area contributed by atoms with Crippen molar-refractivity contribution in [1.82, 2.24) is 0 Å². The zero-order valence-electron chi connectivity index (χ0n) is 14.8. The molecule has 0 heterocycles. The van der Waals surface area contributed by atoms with Crippen molar-refractivity contribution < 1.29 is 13.2 Å². The first kappa shape index (κ1) is 19.8. The van der Waals surface area contributed by atoms with Crippen molar-refractivity contribution >= 4 is 0 Å². The fourth-order valence-electron chi connectivity index (χ4n) is 4.11. The predicted octanol–water partition coefficient (Wildman–Crippen LogP) is 6.68. The third-order valence-corrected chi connectivity index (χ3v) is 5.48. The van der Waals surface area contributed by atoms with Crippen molar-refractivity contribution in [2.45, 2.75) is 97.6 Å². The van der Waals surface area contributed by atoms with E-state index in [2.05, 4.69) is 20.8 Å². The van der Waals surface area contributed by atoms with E-state index in [-0.39, 0.29) is 12.8 Å². The predicted molar refractivity (Wildman–Crippen MR) is 88.3 cm³/mol. The minimum Gasteiger partial charge on any atom is -0.244 e. The zero-order valence-corrected chi connectivity index (χ0v) is 14.8. The molecule has 1 aliphatic carbocycles. The Labute approximate surface area is 135 Å². The number of hydrogen-bond donors (Lipinski definition) is 0. The standard InChI is InChI=1S/C19H35F3/c1-5-15-12-14(7-9-16(15)11-13(3)4)8-10-18(21)19(22)17(20)6-2/h13-19H,5-12H2,1-4H3. The van der Waals surface area contributed by atoms with Gasteiger partial charge < -0.3 is 0 Å². The smallest absolute Gasteiger partial charge is 0.162 e. The largest absolute Gasteiger partial charge is 0.244 e. The molecule has 0 aromatic carbocycles. The summed E-state index contributed by atoms with van der Waals surface area (Å²) in [7, 11) is 0. The molecule has 0 bridgehead atoms. The normalized spacial score (nSPS) is 30.3. The molecular formula is C19H35F3. The zero-order chi connectivity index (χ0) is 16.7. The summed E-state index contributed by atoms with van der Waals surface area (Å²) in [5.74, 6) is 2.75. The Morgan fingerprint density at radius 3 is 2.18 bits per heavy atom. The van der Waals surface area contributed by atoms with Gasteiger partial charge in [-0.3, -0.25) is 0 Å². The molecule has 6 atom stereocenters. The highest BCUT2D eigenvalue weighted by molar-refractivity contribution is 4.82. The van der Waals surface area contributed by atoms with Gasteiger partial charge in [-0.15, -0.1) is 0 Å². The van der Waals surface area contributed by atoms with Gasteiger partial charge in [0.25, 0.3) is 0 Å². The molecule has 3 heteroatoms. The average Bonchev–Trinajstić information content (AvgIpc) is 2.51. The monoisotopic (exact) mass is 320 g/mol. The third kappa shape index (κ3) is 6.12. The summed E-state index contributed by atoms with van der Waals surface area (Å²) >= 11 is 0. The number of halogens is 3. The van der Waals surface area contributed by atoms with Gasteiger partial charge >= 0.3 is 0 Å². The van der Waals surface area contributed by atoms with E-state index in [0.717, 1.165) is 30.6 Å². The highest BCUT2D eigenvalue weighted by Gasteiger charge is 2.32. The van der Waals surface area contributed by atoms with Gasteiger partial charge in [0.2, 0.25) is 0 Å². The summed E-state index contributed by atoms with van der Waals surface area (Å²) in [6, 6.07) is 0. The van der Waals surface area contributed by atoms with Crippen molar-refractivity contribution in [3.63, 3.8) is 0 Å². The van der Waals surface area contributed by atoms with Crippen LogP contribution in [-0.4, -0.2) is 18.5 Å². The molecule has 0 nitrogen and oxygen atoms in total. The highest BCUT2D eigenvalue weighted by Crippen LogP contribution is 2.41. The summed E-state index contributed by atoms with van der Waals surface area (Å²) in [6.45, 7) is 8.35. The summed E-state index contributed by atoms with van der Waals surface area (Å²) in [5, 5.41) is 0. The lowest BCUT2D eigenvalue weighted by Gasteiger charge is -2.37. The van der Waals surface area contributed by atoms with E-state index in [1.807, 2.05) is 0 Å². The molecule has 0 aromatic rings. The van der Waals surface area contributed by atoms with Crippen LogP contribution in [0.3, 0.4) is 0 Å². The molecular weight excluding hydrogens is 285 g/mol. The van der Waals surface area contributed by atoms with Crippen LogP contribution >= 0.6 is 0 Å². The Balaban J connectivity index is 2.39. The Bertz CT molecular complexity index is 292. The van der Waals surface area contributed by atoms with E-state index in [0.29, 0.717) is 12.3 Å². The van der Waals surface area contributed by atoms with Crippen molar-refractivity contribution in [1.29, 1.82) is 0 Å². The fourth-order valence-corrected chi connectivity index (χ4v) is 4.11. The molecule has 132 valence electrons. The second-order valence-electron chi connectivity index (χ2n) is 7.70. The Morgan fingerprint density at radius 2 is 1.64 bits per heavy atom. The lowest BCUT2D eigenvalue weighted by molar-refractivity contribution is 0.0659. The van der Waals surface area contributed by atoms with E-state index < -0.39 is 18.5 Å². The maximum Gasteiger partial charge on any atom is 0.162 e. The van der Waals surface area contributed by atoms with Crippen molar-refractivity contribution in [2.75, 3.05) is 0 Å². The molecule has 0 aliphatic heterocycles. The molecule has 0 spiro atoms. The lowest BCUT2D eigenvalue weighted by Crippen LogP contribution is -2.30. The number of alkyl halides is 3. The Kier molecular flexibility index (Phi) is 8.86. The van der Waals surface area contributed by atoms with Crippen molar-refractivity contribution in [3.8, 4) is 0 Å². The summed E-state index contributed by atoms with van der Waals surface area (Å²) in [5.41, 5.74) is 0. The first-order valence-corrected chi connectivity index (χ1v) is 9.31. The van der Waals surface area contributed by atoms with Crippen molar-refractivity contribution in [3.05, 3.63) is 0 Å². The third-order valence-electron chi connectivity index (χ3n) is 5.48. The van der Waals surface area contributed by atoms with Crippen LogP contribution in [0.4, 0.5) is 13.2 Å². The second kappa shape index (κ2) is 9.82. The summed E-state index contributed by atoms with van der Waals surface area (Å²) in [6.07, 6.45) is 1.67. The quantitative estimate of drug-likeness (QED) is 0.444. The van der Waals surface area contributed by atoms with Gasteiger partial charge in [0.15, 0.2) is 6.17 Å². The number of rotatable bonds is 9. The first-order valence-electron chi connectivity index (χ1n) is 9.31. The Morgan fingerprint density at radius 1 is 0.955 bits per heavy atom. The number of hydrogen-bond acceptors (Lipinski definition) is 0. The molecule has 0 aromatic heterocycles. The molecule has 0 saturated heterocycles. The molecule has 1 fully saturated rings. The van der Waals surface area contributed by atoms with Crippen LogP contribution in [0.15, 0.2) is 0 Å².